The molecule has 2 atom stereocenters. The topological polar surface area (TPSA) is 107 Å². The van der Waals surface area contributed by atoms with Gasteiger partial charge in [-0.25, -0.2) is 9.59 Å². The average molecular weight is 419 g/mol. The van der Waals surface area contributed by atoms with Crippen molar-refractivity contribution in [1.29, 1.82) is 0 Å². The van der Waals surface area contributed by atoms with Gasteiger partial charge in [-0.1, -0.05) is 17.7 Å². The molecule has 0 radical (unpaired) electrons. The van der Waals surface area contributed by atoms with Crippen molar-refractivity contribution in [2.45, 2.75) is 39.3 Å². The largest absolute Gasteiger partial charge is 0.473 e. The summed E-state index contributed by atoms with van der Waals surface area (Å²) in [4.78, 5) is 34.4. The third-order valence-electron chi connectivity index (χ3n) is 4.89. The molecule has 0 saturated heterocycles. The highest BCUT2D eigenvalue weighted by Gasteiger charge is 2.29. The standard InChI is InChI=1S/C19H24N2OS.C2H2O4/c1-13-4-6-16(7-5-13)19(22)20-9-10-21-14(2)12-17-8-11-23-18(17)15(21)3;3-1(4)2(5)6/h4-8,11,14-15H,9-10,12H2,1-3H3,(H,20,22);(H,3,4)(H,5,6). The van der Waals surface area contributed by atoms with Gasteiger partial charge in [0.15, 0.2) is 0 Å². The Labute approximate surface area is 174 Å². The molecule has 0 fully saturated rings. The summed E-state index contributed by atoms with van der Waals surface area (Å²) < 4.78 is 0. The van der Waals surface area contributed by atoms with Gasteiger partial charge >= 0.3 is 11.9 Å². The summed E-state index contributed by atoms with van der Waals surface area (Å²) >= 11 is 1.85. The van der Waals surface area contributed by atoms with Crippen LogP contribution in [0.15, 0.2) is 35.7 Å². The van der Waals surface area contributed by atoms with E-state index < -0.39 is 11.9 Å². The van der Waals surface area contributed by atoms with Crippen molar-refractivity contribution in [1.82, 2.24) is 10.2 Å². The number of hydrogen-bond donors (Lipinski definition) is 3. The van der Waals surface area contributed by atoms with E-state index in [0.717, 1.165) is 18.5 Å². The molecule has 1 amide bonds. The van der Waals surface area contributed by atoms with E-state index in [-0.39, 0.29) is 5.91 Å². The van der Waals surface area contributed by atoms with Crippen LogP contribution < -0.4 is 5.32 Å². The Balaban J connectivity index is 0.000000438. The lowest BCUT2D eigenvalue weighted by atomic mass is 9.97. The maximum Gasteiger partial charge on any atom is 0.414 e. The molecular weight excluding hydrogens is 392 g/mol. The van der Waals surface area contributed by atoms with Crippen LogP contribution in [-0.2, 0) is 16.0 Å². The lowest BCUT2D eigenvalue weighted by molar-refractivity contribution is -0.159. The number of carboxylic acids is 2. The number of aryl methyl sites for hydroxylation is 1. The van der Waals surface area contributed by atoms with E-state index in [1.165, 1.54) is 16.0 Å². The van der Waals surface area contributed by atoms with Crippen LogP contribution in [-0.4, -0.2) is 52.1 Å². The van der Waals surface area contributed by atoms with Gasteiger partial charge in [0.25, 0.3) is 5.91 Å². The predicted octanol–water partition coefficient (Wildman–Crippen LogP) is 2.95. The Morgan fingerprint density at radius 1 is 1.10 bits per heavy atom. The van der Waals surface area contributed by atoms with E-state index in [1.807, 2.05) is 42.5 Å². The minimum Gasteiger partial charge on any atom is -0.473 e. The van der Waals surface area contributed by atoms with Crippen molar-refractivity contribution in [3.05, 3.63) is 57.3 Å². The fourth-order valence-corrected chi connectivity index (χ4v) is 4.38. The Bertz CT molecular complexity index is 850. The van der Waals surface area contributed by atoms with Crippen molar-refractivity contribution in [2.75, 3.05) is 13.1 Å². The van der Waals surface area contributed by atoms with E-state index in [9.17, 15) is 4.79 Å². The SMILES string of the molecule is Cc1ccc(C(=O)NCCN2C(C)Cc3ccsc3C2C)cc1.O=C(O)C(=O)O. The van der Waals surface area contributed by atoms with Crippen molar-refractivity contribution in [3.63, 3.8) is 0 Å². The number of nitrogens with zero attached hydrogens (tertiary/aromatic N) is 1. The molecule has 1 aliphatic rings. The molecule has 0 bridgehead atoms. The molecule has 2 unspecified atom stereocenters. The summed E-state index contributed by atoms with van der Waals surface area (Å²) in [5, 5.41) is 20.0. The molecule has 2 aromatic rings. The molecule has 29 heavy (non-hydrogen) atoms. The molecule has 0 saturated carbocycles. The van der Waals surface area contributed by atoms with Gasteiger partial charge in [-0.3, -0.25) is 9.69 Å². The van der Waals surface area contributed by atoms with Gasteiger partial charge in [-0.15, -0.1) is 11.3 Å². The molecule has 8 heteroatoms. The maximum atomic E-state index is 12.2. The van der Waals surface area contributed by atoms with E-state index in [4.69, 9.17) is 19.8 Å². The van der Waals surface area contributed by atoms with Crippen molar-refractivity contribution >= 4 is 29.2 Å². The monoisotopic (exact) mass is 418 g/mol. The number of fused-ring (bicyclic) bond motifs is 1. The minimum atomic E-state index is -1.82. The van der Waals surface area contributed by atoms with Crippen LogP contribution in [0.25, 0.3) is 0 Å². The van der Waals surface area contributed by atoms with E-state index in [1.54, 1.807) is 0 Å². The number of benzene rings is 1. The summed E-state index contributed by atoms with van der Waals surface area (Å²) in [6.45, 7) is 8.14. The number of rotatable bonds is 4. The average Bonchev–Trinajstić information content (AvgIpc) is 3.13. The summed E-state index contributed by atoms with van der Waals surface area (Å²) in [6.07, 6.45) is 1.11. The number of thiophene rings is 1. The highest BCUT2D eigenvalue weighted by atomic mass is 32.1. The van der Waals surface area contributed by atoms with Crippen LogP contribution in [0.3, 0.4) is 0 Å². The molecule has 0 spiro atoms. The molecule has 3 N–H and O–H groups in total. The van der Waals surface area contributed by atoms with E-state index in [0.29, 0.717) is 18.6 Å². The van der Waals surface area contributed by atoms with E-state index in [2.05, 4.69) is 35.5 Å². The minimum absolute atomic E-state index is 0.0131. The van der Waals surface area contributed by atoms with Crippen molar-refractivity contribution in [3.8, 4) is 0 Å². The first-order valence-electron chi connectivity index (χ1n) is 9.33. The number of amides is 1. The smallest absolute Gasteiger partial charge is 0.414 e. The Morgan fingerprint density at radius 2 is 1.72 bits per heavy atom. The zero-order valence-electron chi connectivity index (χ0n) is 16.7. The molecule has 1 aliphatic heterocycles. The quantitative estimate of drug-likeness (QED) is 0.659. The van der Waals surface area contributed by atoms with Crippen LogP contribution in [0, 0.1) is 6.92 Å². The second kappa shape index (κ2) is 10.2. The first kappa shape index (κ1) is 22.6. The Hall–Kier alpha value is -2.71. The second-order valence-electron chi connectivity index (χ2n) is 7.01. The Kier molecular flexibility index (Phi) is 7.92. The first-order chi connectivity index (χ1) is 13.7. The van der Waals surface area contributed by atoms with Gasteiger partial charge in [-0.2, -0.15) is 0 Å². The van der Waals surface area contributed by atoms with Crippen LogP contribution in [0.1, 0.15) is 46.3 Å². The molecule has 0 aliphatic carbocycles. The normalized spacial score (nSPS) is 18.2. The molecule has 3 rings (SSSR count). The van der Waals surface area contributed by atoms with Gasteiger partial charge < -0.3 is 15.5 Å². The molecule has 1 aromatic carbocycles. The predicted molar refractivity (Wildman–Crippen MR) is 111 cm³/mol. The second-order valence-corrected chi connectivity index (χ2v) is 7.96. The molecule has 2 heterocycles. The molecule has 156 valence electrons. The third-order valence-corrected chi connectivity index (χ3v) is 6.02. The summed E-state index contributed by atoms with van der Waals surface area (Å²) in [6, 6.07) is 10.9. The van der Waals surface area contributed by atoms with Gasteiger partial charge in [0.2, 0.25) is 0 Å². The summed E-state index contributed by atoms with van der Waals surface area (Å²) in [5.74, 6) is -3.64. The third kappa shape index (κ3) is 6.13. The number of aliphatic carboxylic acids is 2. The van der Waals surface area contributed by atoms with Gasteiger partial charge in [0, 0.05) is 35.6 Å². The van der Waals surface area contributed by atoms with Crippen LogP contribution in [0.2, 0.25) is 0 Å². The van der Waals surface area contributed by atoms with Crippen LogP contribution >= 0.6 is 11.3 Å². The zero-order valence-corrected chi connectivity index (χ0v) is 17.5. The fourth-order valence-electron chi connectivity index (χ4n) is 3.37. The van der Waals surface area contributed by atoms with Gasteiger partial charge in [-0.05, 0) is 56.3 Å². The van der Waals surface area contributed by atoms with Gasteiger partial charge in [0.1, 0.15) is 0 Å². The van der Waals surface area contributed by atoms with Gasteiger partial charge in [0.05, 0.1) is 0 Å². The number of hydrogen-bond acceptors (Lipinski definition) is 5. The van der Waals surface area contributed by atoms with Crippen LogP contribution in [0.4, 0.5) is 0 Å². The fraction of sp³-hybridized carbons (Fsp3) is 0.381. The highest BCUT2D eigenvalue weighted by Crippen LogP contribution is 2.35. The summed E-state index contributed by atoms with van der Waals surface area (Å²) in [5.41, 5.74) is 3.40. The molecular formula is C21H26N2O5S. The van der Waals surface area contributed by atoms with E-state index >= 15 is 0 Å². The lowest BCUT2D eigenvalue weighted by Crippen LogP contribution is -2.44. The number of carboxylic acid groups (broad SMARTS) is 2. The first-order valence-corrected chi connectivity index (χ1v) is 10.2. The van der Waals surface area contributed by atoms with Crippen molar-refractivity contribution in [2.24, 2.45) is 0 Å². The number of carbonyl (C=O) groups is 3. The zero-order chi connectivity index (χ0) is 21.6. The molecule has 7 nitrogen and oxygen atoms in total. The summed E-state index contributed by atoms with van der Waals surface area (Å²) in [7, 11) is 0. The molecule has 1 aromatic heterocycles. The maximum absolute atomic E-state index is 12.2. The highest BCUT2D eigenvalue weighted by molar-refractivity contribution is 7.10. The lowest BCUT2D eigenvalue weighted by Gasteiger charge is -2.38. The Morgan fingerprint density at radius 3 is 2.31 bits per heavy atom. The number of nitrogens with one attached hydrogen (secondary N) is 1. The van der Waals surface area contributed by atoms with Crippen molar-refractivity contribution < 1.29 is 24.6 Å². The number of carbonyl (C=O) groups excluding carboxylic acids is 1. The van der Waals surface area contributed by atoms with Crippen LogP contribution in [0.5, 0.6) is 0 Å².